The summed E-state index contributed by atoms with van der Waals surface area (Å²) >= 11 is 0. The molecule has 0 bridgehead atoms. The number of carbonyl (C=O) groups is 4. The van der Waals surface area contributed by atoms with Gasteiger partial charge in [-0.25, -0.2) is 14.3 Å². The molecular formula is C39H44N6O6. The molecule has 0 spiro atoms. The Hall–Kier alpha value is -5.78. The van der Waals surface area contributed by atoms with Crippen LogP contribution in [-0.4, -0.2) is 94.3 Å². The van der Waals surface area contributed by atoms with Crippen LogP contribution >= 0.6 is 0 Å². The van der Waals surface area contributed by atoms with Gasteiger partial charge in [-0.3, -0.25) is 14.3 Å². The van der Waals surface area contributed by atoms with Crippen molar-refractivity contribution < 1.29 is 28.7 Å². The highest BCUT2D eigenvalue weighted by atomic mass is 16.5. The normalized spacial score (nSPS) is 15.1. The van der Waals surface area contributed by atoms with Crippen molar-refractivity contribution in [3.05, 3.63) is 124 Å². The second kappa shape index (κ2) is 16.3. The third-order valence-electron chi connectivity index (χ3n) is 8.28. The van der Waals surface area contributed by atoms with E-state index in [9.17, 15) is 19.2 Å². The van der Waals surface area contributed by atoms with E-state index in [0.717, 1.165) is 16.8 Å². The quantitative estimate of drug-likeness (QED) is 0.168. The van der Waals surface area contributed by atoms with E-state index in [0.29, 0.717) is 60.3 Å². The molecule has 2 aromatic heterocycles. The molecule has 0 aliphatic heterocycles. The summed E-state index contributed by atoms with van der Waals surface area (Å²) in [6.45, 7) is 4.49. The van der Waals surface area contributed by atoms with Gasteiger partial charge in [0.2, 0.25) is 11.6 Å². The Kier molecular flexibility index (Phi) is 11.7. The van der Waals surface area contributed by atoms with Crippen LogP contribution in [0.5, 0.6) is 0 Å². The first-order chi connectivity index (χ1) is 24.5. The molecule has 0 amide bonds. The van der Waals surface area contributed by atoms with Crippen LogP contribution in [0.3, 0.4) is 0 Å². The Morgan fingerprint density at radius 3 is 1.67 bits per heavy atom. The van der Waals surface area contributed by atoms with Gasteiger partial charge in [-0.2, -0.15) is 10.2 Å². The first-order valence-corrected chi connectivity index (χ1v) is 17.0. The van der Waals surface area contributed by atoms with Crippen LogP contribution in [0.1, 0.15) is 85.3 Å². The van der Waals surface area contributed by atoms with Gasteiger partial charge in [0.05, 0.1) is 25.4 Å². The van der Waals surface area contributed by atoms with Gasteiger partial charge >= 0.3 is 11.9 Å². The van der Waals surface area contributed by atoms with Gasteiger partial charge in [0.25, 0.3) is 0 Å². The summed E-state index contributed by atoms with van der Waals surface area (Å²) in [5.41, 5.74) is 6.01. The van der Waals surface area contributed by atoms with Crippen LogP contribution in [0.4, 0.5) is 0 Å². The summed E-state index contributed by atoms with van der Waals surface area (Å²) < 4.78 is 13.5. The Bertz CT molecular complexity index is 1970. The fourth-order valence-corrected chi connectivity index (χ4v) is 6.18. The molecule has 2 aliphatic carbocycles. The molecule has 51 heavy (non-hydrogen) atoms. The average molecular weight is 693 g/mol. The second-order valence-corrected chi connectivity index (χ2v) is 12.6. The maximum atomic E-state index is 13.0. The zero-order chi connectivity index (χ0) is 36.7. The lowest BCUT2D eigenvalue weighted by Gasteiger charge is -2.18. The molecular weight excluding hydrogens is 648 g/mol. The van der Waals surface area contributed by atoms with Crippen molar-refractivity contribution in [3.8, 4) is 5.69 Å². The van der Waals surface area contributed by atoms with Crippen molar-refractivity contribution in [1.82, 2.24) is 29.4 Å². The summed E-state index contributed by atoms with van der Waals surface area (Å²) in [4.78, 5) is 54.4. The highest BCUT2D eigenvalue weighted by molar-refractivity contribution is 6.12. The molecule has 0 N–H and O–H groups in total. The minimum Gasteiger partial charge on any atom is -0.461 e. The number of ketones is 2. The SMILES string of the molecule is CCOC(=O)c1nn(-c2ccccc2)c2c1CCC(=CN(C)C)C2=O.CCOC(=O)c1nn(Cc2ccccc2)c2c1CCC(=CN(C)C)C2=O. The van der Waals surface area contributed by atoms with Crippen molar-refractivity contribution >= 4 is 23.5 Å². The summed E-state index contributed by atoms with van der Waals surface area (Å²) in [5, 5.41) is 8.88. The molecule has 0 radical (unpaired) electrons. The molecule has 2 aromatic carbocycles. The molecule has 0 atom stereocenters. The van der Waals surface area contributed by atoms with E-state index in [1.165, 1.54) is 0 Å². The fraction of sp³-hybridized carbons (Fsp3) is 0.333. The van der Waals surface area contributed by atoms with Crippen LogP contribution in [0.25, 0.3) is 5.69 Å². The molecule has 12 nitrogen and oxygen atoms in total. The monoisotopic (exact) mass is 692 g/mol. The number of benzene rings is 2. The van der Waals surface area contributed by atoms with Gasteiger partial charge < -0.3 is 19.3 Å². The van der Waals surface area contributed by atoms with Crippen molar-refractivity contribution in [3.63, 3.8) is 0 Å². The molecule has 0 unspecified atom stereocenters. The summed E-state index contributed by atoms with van der Waals surface area (Å²) in [6.07, 6.45) is 6.03. The topological polar surface area (TPSA) is 129 Å². The van der Waals surface area contributed by atoms with E-state index in [2.05, 4.69) is 10.2 Å². The lowest BCUT2D eigenvalue weighted by Crippen LogP contribution is -2.21. The van der Waals surface area contributed by atoms with Crippen LogP contribution < -0.4 is 0 Å². The predicted molar refractivity (Wildman–Crippen MR) is 192 cm³/mol. The van der Waals surface area contributed by atoms with E-state index >= 15 is 0 Å². The molecule has 12 heteroatoms. The second-order valence-electron chi connectivity index (χ2n) is 12.6. The Labute approximate surface area is 297 Å². The number of Topliss-reactive ketones (excluding diaryl/α,β-unsaturated/α-hetero) is 2. The number of aromatic nitrogens is 4. The van der Waals surface area contributed by atoms with Crippen molar-refractivity contribution in [1.29, 1.82) is 0 Å². The van der Waals surface area contributed by atoms with E-state index in [1.54, 1.807) is 23.2 Å². The number of ether oxygens (including phenoxy) is 2. The van der Waals surface area contributed by atoms with Crippen LogP contribution in [-0.2, 0) is 28.9 Å². The average Bonchev–Trinajstić information content (AvgIpc) is 3.68. The largest absolute Gasteiger partial charge is 0.461 e. The number of carbonyl (C=O) groups excluding carboxylic acids is 4. The molecule has 2 heterocycles. The van der Waals surface area contributed by atoms with Crippen molar-refractivity contribution in [2.75, 3.05) is 41.4 Å². The molecule has 0 saturated heterocycles. The Morgan fingerprint density at radius 1 is 0.686 bits per heavy atom. The van der Waals surface area contributed by atoms with Crippen molar-refractivity contribution in [2.24, 2.45) is 0 Å². The smallest absolute Gasteiger partial charge is 0.359 e. The number of hydrogen-bond donors (Lipinski definition) is 0. The predicted octanol–water partition coefficient (Wildman–Crippen LogP) is 5.31. The van der Waals surface area contributed by atoms with E-state index in [-0.39, 0.29) is 36.2 Å². The number of fused-ring (bicyclic) bond motifs is 2. The molecule has 6 rings (SSSR count). The van der Waals surface area contributed by atoms with Gasteiger partial charge in [-0.05, 0) is 57.2 Å². The Balaban J connectivity index is 0.000000198. The zero-order valence-corrected chi connectivity index (χ0v) is 30.0. The Morgan fingerprint density at radius 2 is 1.16 bits per heavy atom. The summed E-state index contributed by atoms with van der Waals surface area (Å²) in [5.74, 6) is -1.12. The van der Waals surface area contributed by atoms with Gasteiger partial charge in [-0.1, -0.05) is 48.5 Å². The number of allylic oxidation sites excluding steroid dienone is 2. The number of rotatable bonds is 9. The molecule has 4 aromatic rings. The number of hydrogen-bond acceptors (Lipinski definition) is 10. The van der Waals surface area contributed by atoms with Gasteiger partial charge in [-0.15, -0.1) is 0 Å². The number of para-hydroxylation sites is 1. The maximum absolute atomic E-state index is 13.0. The van der Waals surface area contributed by atoms with Crippen LogP contribution in [0, 0.1) is 0 Å². The minimum atomic E-state index is -0.485. The molecule has 0 saturated carbocycles. The molecule has 266 valence electrons. The summed E-state index contributed by atoms with van der Waals surface area (Å²) in [7, 11) is 7.55. The van der Waals surface area contributed by atoms with E-state index in [4.69, 9.17) is 9.47 Å². The highest BCUT2D eigenvalue weighted by Gasteiger charge is 2.34. The standard InChI is InChI=1S/C20H23N3O3.C19H21N3O3/c1-4-26-20(25)17-16-11-10-15(13-22(2)3)19(24)18(16)23(21-17)12-14-8-6-5-7-9-14;1-4-25-19(24)16-15-11-10-13(12-21(2)3)18(23)17(15)22(20-16)14-8-6-5-7-9-14/h5-9,13H,4,10-12H2,1-3H3;5-9,12H,4,10-11H2,1-3H3. The fourth-order valence-electron chi connectivity index (χ4n) is 6.18. The van der Waals surface area contributed by atoms with Gasteiger partial charge in [0.15, 0.2) is 11.4 Å². The lowest BCUT2D eigenvalue weighted by atomic mass is 9.90. The third kappa shape index (κ3) is 8.17. The lowest BCUT2D eigenvalue weighted by molar-refractivity contribution is 0.0508. The van der Waals surface area contributed by atoms with Crippen LogP contribution in [0.15, 0.2) is 84.2 Å². The number of nitrogens with zero attached hydrogens (tertiary/aromatic N) is 6. The summed E-state index contributed by atoms with van der Waals surface area (Å²) in [6, 6.07) is 19.1. The third-order valence-corrected chi connectivity index (χ3v) is 8.28. The van der Waals surface area contributed by atoms with E-state index in [1.807, 2.05) is 111 Å². The maximum Gasteiger partial charge on any atom is 0.359 e. The highest BCUT2D eigenvalue weighted by Crippen LogP contribution is 2.31. The zero-order valence-electron chi connectivity index (χ0n) is 30.0. The van der Waals surface area contributed by atoms with Crippen LogP contribution in [0.2, 0.25) is 0 Å². The molecule has 2 aliphatic rings. The van der Waals surface area contributed by atoms with E-state index < -0.39 is 11.9 Å². The first-order valence-electron chi connectivity index (χ1n) is 17.0. The number of esters is 2. The minimum absolute atomic E-state index is 0.0704. The van der Waals surface area contributed by atoms with Gasteiger partial charge in [0.1, 0.15) is 11.4 Å². The van der Waals surface area contributed by atoms with Gasteiger partial charge in [0, 0.05) is 62.9 Å². The molecule has 0 fully saturated rings. The first kappa shape index (κ1) is 36.5. The van der Waals surface area contributed by atoms with Crippen molar-refractivity contribution in [2.45, 2.75) is 46.1 Å².